The van der Waals surface area contributed by atoms with Crippen molar-refractivity contribution < 1.29 is 4.79 Å². The van der Waals surface area contributed by atoms with E-state index in [1.807, 2.05) is 56.3 Å². The summed E-state index contributed by atoms with van der Waals surface area (Å²) in [6, 6.07) is 11.9. The van der Waals surface area contributed by atoms with Crippen molar-refractivity contribution in [1.29, 1.82) is 0 Å². The fourth-order valence-electron chi connectivity index (χ4n) is 3.96. The molecule has 1 fully saturated rings. The van der Waals surface area contributed by atoms with Crippen LogP contribution in [0.3, 0.4) is 0 Å². The van der Waals surface area contributed by atoms with Gasteiger partial charge in [0.05, 0.1) is 12.5 Å². The van der Waals surface area contributed by atoms with Crippen LogP contribution < -0.4 is 10.2 Å². The molecule has 0 amide bonds. The van der Waals surface area contributed by atoms with Gasteiger partial charge >= 0.3 is 0 Å². The molecule has 1 aromatic carbocycles. The van der Waals surface area contributed by atoms with Crippen LogP contribution in [0.5, 0.6) is 0 Å². The minimum atomic E-state index is -0.296. The number of hydrogen-bond donors (Lipinski definition) is 1. The zero-order valence-electron chi connectivity index (χ0n) is 18.0. The van der Waals surface area contributed by atoms with E-state index in [2.05, 4.69) is 36.7 Å². The monoisotopic (exact) mass is 437 g/mol. The Labute approximate surface area is 186 Å². The number of anilines is 2. The number of aromatic nitrogens is 4. The standard InChI is InChI=1S/C22H27N7OS/c1-15-6-4-7-16(12-15)21(28(2)3)18(30)13-20-26-27-22(31-20)24-17-9-11-29(14-17)19-8-5-10-23-25-19/h4-8,10,12,17,21H,9,11,13-14H2,1-3H3,(H,24,27)/t17-,21+/m1/s1. The van der Waals surface area contributed by atoms with Gasteiger partial charge in [0, 0.05) is 25.3 Å². The summed E-state index contributed by atoms with van der Waals surface area (Å²) in [5.74, 6) is 1.01. The number of carbonyl (C=O) groups is 1. The summed E-state index contributed by atoms with van der Waals surface area (Å²) >= 11 is 1.45. The van der Waals surface area contributed by atoms with Crippen molar-refractivity contribution in [2.75, 3.05) is 37.4 Å². The number of Topliss-reactive ketones (excluding diaryl/α,β-unsaturated/α-hetero) is 1. The summed E-state index contributed by atoms with van der Waals surface area (Å²) in [6.07, 6.45) is 2.94. The van der Waals surface area contributed by atoms with Crippen LogP contribution in [0.2, 0.25) is 0 Å². The lowest BCUT2D eigenvalue weighted by molar-refractivity contribution is -0.123. The maximum absolute atomic E-state index is 13.1. The van der Waals surface area contributed by atoms with Gasteiger partial charge < -0.3 is 10.2 Å². The second-order valence-electron chi connectivity index (χ2n) is 8.08. The quantitative estimate of drug-likeness (QED) is 0.576. The number of likely N-dealkylation sites (N-methyl/N-ethyl adjacent to an activating group) is 1. The van der Waals surface area contributed by atoms with Gasteiger partial charge in [-0.1, -0.05) is 41.2 Å². The molecule has 9 heteroatoms. The van der Waals surface area contributed by atoms with Crippen molar-refractivity contribution in [2.24, 2.45) is 0 Å². The van der Waals surface area contributed by atoms with Gasteiger partial charge in [-0.05, 0) is 45.1 Å². The first-order valence-electron chi connectivity index (χ1n) is 10.4. The number of nitrogens with one attached hydrogen (secondary N) is 1. The second-order valence-corrected chi connectivity index (χ2v) is 9.14. The first-order valence-corrected chi connectivity index (χ1v) is 11.2. The normalized spacial score (nSPS) is 17.2. The highest BCUT2D eigenvalue weighted by molar-refractivity contribution is 7.15. The van der Waals surface area contributed by atoms with E-state index in [1.165, 1.54) is 11.3 Å². The number of rotatable bonds is 8. The zero-order chi connectivity index (χ0) is 21.8. The molecule has 1 aliphatic rings. The molecule has 4 rings (SSSR count). The van der Waals surface area contributed by atoms with Crippen molar-refractivity contribution in [1.82, 2.24) is 25.3 Å². The minimum absolute atomic E-state index is 0.119. The summed E-state index contributed by atoms with van der Waals surface area (Å²) in [5, 5.41) is 21.6. The number of carbonyl (C=O) groups excluding carboxylic acids is 1. The summed E-state index contributed by atoms with van der Waals surface area (Å²) in [5.41, 5.74) is 2.15. The molecule has 1 saturated heterocycles. The molecule has 8 nitrogen and oxygen atoms in total. The molecule has 0 aliphatic carbocycles. The SMILES string of the molecule is Cc1cccc([C@@H](C(=O)Cc2nnc(N[C@@H]3CCN(c4cccnn4)C3)s2)N(C)C)c1. The van der Waals surface area contributed by atoms with Crippen LogP contribution in [0.15, 0.2) is 42.6 Å². The van der Waals surface area contributed by atoms with Gasteiger partial charge in [0.2, 0.25) is 5.13 Å². The van der Waals surface area contributed by atoms with Crippen LogP contribution in [-0.2, 0) is 11.2 Å². The number of benzene rings is 1. The molecule has 1 N–H and O–H groups in total. The lowest BCUT2D eigenvalue weighted by Crippen LogP contribution is -2.29. The van der Waals surface area contributed by atoms with E-state index in [4.69, 9.17) is 0 Å². The fraction of sp³-hybridized carbons (Fsp3) is 0.409. The summed E-state index contributed by atoms with van der Waals surface area (Å²) in [6.45, 7) is 3.79. The molecule has 0 spiro atoms. The lowest BCUT2D eigenvalue weighted by atomic mass is 9.98. The van der Waals surface area contributed by atoms with Crippen LogP contribution in [0.1, 0.15) is 28.6 Å². The van der Waals surface area contributed by atoms with Crippen LogP contribution in [0.25, 0.3) is 0 Å². The Morgan fingerprint density at radius 1 is 1.26 bits per heavy atom. The van der Waals surface area contributed by atoms with E-state index in [0.717, 1.165) is 46.6 Å². The molecule has 162 valence electrons. The third kappa shape index (κ3) is 5.23. The maximum atomic E-state index is 13.1. The van der Waals surface area contributed by atoms with Crippen LogP contribution in [0.4, 0.5) is 10.9 Å². The molecular formula is C22H27N7OS. The largest absolute Gasteiger partial charge is 0.355 e. The second kappa shape index (κ2) is 9.49. The smallest absolute Gasteiger partial charge is 0.205 e. The Bertz CT molecular complexity index is 1020. The Hall–Kier alpha value is -2.91. The fourth-order valence-corrected chi connectivity index (χ4v) is 4.79. The van der Waals surface area contributed by atoms with Crippen LogP contribution >= 0.6 is 11.3 Å². The average molecular weight is 438 g/mol. The first kappa shape index (κ1) is 21.3. The number of hydrogen-bond acceptors (Lipinski definition) is 9. The summed E-state index contributed by atoms with van der Waals surface area (Å²) < 4.78 is 0. The summed E-state index contributed by atoms with van der Waals surface area (Å²) in [4.78, 5) is 17.2. The van der Waals surface area contributed by atoms with Crippen molar-refractivity contribution in [3.63, 3.8) is 0 Å². The lowest BCUT2D eigenvalue weighted by Gasteiger charge is -2.23. The number of aryl methyl sites for hydroxylation is 1. The van der Waals surface area contributed by atoms with Crippen molar-refractivity contribution in [2.45, 2.75) is 31.8 Å². The van der Waals surface area contributed by atoms with E-state index >= 15 is 0 Å². The molecule has 1 aliphatic heterocycles. The molecule has 0 radical (unpaired) electrons. The predicted octanol–water partition coefficient (Wildman–Crippen LogP) is 2.74. The predicted molar refractivity (Wildman–Crippen MR) is 122 cm³/mol. The molecule has 2 atom stereocenters. The maximum Gasteiger partial charge on any atom is 0.205 e. The van der Waals surface area contributed by atoms with Gasteiger partial charge in [0.25, 0.3) is 0 Å². The Morgan fingerprint density at radius 2 is 2.13 bits per heavy atom. The van der Waals surface area contributed by atoms with Crippen molar-refractivity contribution in [3.05, 3.63) is 58.7 Å². The van der Waals surface area contributed by atoms with Gasteiger partial charge in [-0.25, -0.2) is 0 Å². The molecule has 31 heavy (non-hydrogen) atoms. The van der Waals surface area contributed by atoms with E-state index in [0.29, 0.717) is 0 Å². The third-order valence-corrected chi connectivity index (χ3v) is 6.22. The van der Waals surface area contributed by atoms with E-state index in [1.54, 1.807) is 6.20 Å². The molecule has 0 bridgehead atoms. The highest BCUT2D eigenvalue weighted by Gasteiger charge is 2.26. The zero-order valence-corrected chi connectivity index (χ0v) is 18.8. The van der Waals surface area contributed by atoms with Gasteiger partial charge in [0.15, 0.2) is 11.6 Å². The Kier molecular flexibility index (Phi) is 6.53. The highest BCUT2D eigenvalue weighted by atomic mass is 32.1. The van der Waals surface area contributed by atoms with Gasteiger partial charge in [-0.15, -0.1) is 15.3 Å². The third-order valence-electron chi connectivity index (χ3n) is 5.37. The number of ketones is 1. The summed E-state index contributed by atoms with van der Waals surface area (Å²) in [7, 11) is 3.86. The van der Waals surface area contributed by atoms with Gasteiger partial charge in [-0.2, -0.15) is 5.10 Å². The molecule has 0 unspecified atom stereocenters. The Balaban J connectivity index is 1.37. The highest BCUT2D eigenvalue weighted by Crippen LogP contribution is 2.26. The molecule has 2 aromatic heterocycles. The molecular weight excluding hydrogens is 410 g/mol. The average Bonchev–Trinajstić information content (AvgIpc) is 3.38. The molecule has 3 aromatic rings. The van der Waals surface area contributed by atoms with Crippen LogP contribution in [0, 0.1) is 6.92 Å². The van der Waals surface area contributed by atoms with E-state index in [-0.39, 0.29) is 24.3 Å². The van der Waals surface area contributed by atoms with Crippen molar-refractivity contribution >= 4 is 28.1 Å². The Morgan fingerprint density at radius 3 is 2.87 bits per heavy atom. The topological polar surface area (TPSA) is 87.1 Å². The van der Waals surface area contributed by atoms with E-state index in [9.17, 15) is 4.79 Å². The van der Waals surface area contributed by atoms with E-state index < -0.39 is 0 Å². The minimum Gasteiger partial charge on any atom is -0.355 e. The number of nitrogens with zero attached hydrogens (tertiary/aromatic N) is 6. The first-order chi connectivity index (χ1) is 15.0. The molecule has 0 saturated carbocycles. The van der Waals surface area contributed by atoms with Gasteiger partial charge in [-0.3, -0.25) is 9.69 Å². The van der Waals surface area contributed by atoms with Crippen molar-refractivity contribution in [3.8, 4) is 0 Å². The molecule has 3 heterocycles. The van der Waals surface area contributed by atoms with Gasteiger partial charge in [0.1, 0.15) is 5.01 Å². The van der Waals surface area contributed by atoms with Crippen LogP contribution in [-0.4, -0.2) is 64.3 Å².